The number of aliphatic imine (C=N–C) groups is 3. The van der Waals surface area contributed by atoms with Crippen molar-refractivity contribution in [3.63, 3.8) is 0 Å². The molecular formula is C47H40N16. The number of H-pyrrole nitrogens is 3. The van der Waals surface area contributed by atoms with E-state index in [0.717, 1.165) is 125 Å². The van der Waals surface area contributed by atoms with Crippen molar-refractivity contribution in [3.8, 4) is 11.1 Å². The molecule has 0 atom stereocenters. The van der Waals surface area contributed by atoms with E-state index in [9.17, 15) is 0 Å². The van der Waals surface area contributed by atoms with Crippen molar-refractivity contribution in [2.75, 3.05) is 0 Å². The highest BCUT2D eigenvalue weighted by Crippen LogP contribution is 2.48. The lowest BCUT2D eigenvalue weighted by atomic mass is 9.67. The minimum atomic E-state index is -0.455. The van der Waals surface area contributed by atoms with Crippen LogP contribution in [-0.4, -0.2) is 84.8 Å². The topological polar surface area (TPSA) is 213 Å². The van der Waals surface area contributed by atoms with Gasteiger partial charge in [-0.15, -0.1) is 0 Å². The number of nitrogens with zero attached hydrogens (tertiary/aromatic N) is 13. The van der Waals surface area contributed by atoms with Crippen LogP contribution in [0.3, 0.4) is 0 Å². The highest BCUT2D eigenvalue weighted by Gasteiger charge is 2.47. The van der Waals surface area contributed by atoms with Crippen molar-refractivity contribution in [1.29, 1.82) is 0 Å². The van der Waals surface area contributed by atoms with Gasteiger partial charge in [0.1, 0.15) is 33.1 Å². The highest BCUT2D eigenvalue weighted by atomic mass is 15.3. The third-order valence-electron chi connectivity index (χ3n) is 12.2. The van der Waals surface area contributed by atoms with E-state index in [1.54, 1.807) is 0 Å². The Balaban J connectivity index is 0.000000120. The predicted octanol–water partition coefficient (Wildman–Crippen LogP) is 8.80. The standard InChI is InChI=1S/C24H20N8.C14H10N4.C8H6N4.CH4/c1-23(2)19-20(27-14-8-12-11(5-6-25-12)7-13(14)26-19)24(3,4)22-21(23)28-15-9-17-18(31-32-30-17)10-16(15)29-22;1-2-10(7-13-9(1)5-6-15-13)11-3-4-12-14(8-11)17-18-16-12;1-2-9-6-4-8-7(3-5(1)6)10-12-11-8;/h6-10H,5H2,1-4H3,(H,30,31,32);1-4,6-8H,5H2,(H,16,17,18);2-4H,1H2,(H,10,11,12);1H4. The number of hydrogen-bond donors (Lipinski definition) is 3. The molecule has 0 saturated carbocycles. The molecule has 10 aromatic rings. The summed E-state index contributed by atoms with van der Waals surface area (Å²) in [6, 6.07) is 24.5. The maximum Gasteiger partial charge on any atom is 0.115 e. The fourth-order valence-corrected chi connectivity index (χ4v) is 8.77. The summed E-state index contributed by atoms with van der Waals surface area (Å²) in [4.78, 5) is 33.6. The zero-order valence-electron chi connectivity index (χ0n) is 34.1. The van der Waals surface area contributed by atoms with Crippen molar-refractivity contribution in [1.82, 2.24) is 66.2 Å². The Morgan fingerprint density at radius 1 is 0.365 bits per heavy atom. The second kappa shape index (κ2) is 14.0. The van der Waals surface area contributed by atoms with E-state index in [2.05, 4.69) is 119 Å². The molecule has 0 bridgehead atoms. The maximum atomic E-state index is 5.15. The van der Waals surface area contributed by atoms with Gasteiger partial charge in [0.05, 0.1) is 72.7 Å². The normalized spacial score (nSPS) is 15.4. The van der Waals surface area contributed by atoms with Crippen LogP contribution in [0.1, 0.15) is 74.6 Å². The van der Waals surface area contributed by atoms with Gasteiger partial charge in [-0.2, -0.15) is 46.2 Å². The van der Waals surface area contributed by atoms with E-state index in [4.69, 9.17) is 19.9 Å². The zero-order chi connectivity index (χ0) is 41.7. The molecule has 0 unspecified atom stereocenters. The van der Waals surface area contributed by atoms with E-state index in [1.165, 1.54) is 16.7 Å². The molecule has 5 aromatic carbocycles. The van der Waals surface area contributed by atoms with Crippen molar-refractivity contribution in [3.05, 3.63) is 112 Å². The van der Waals surface area contributed by atoms with Gasteiger partial charge in [-0.05, 0) is 110 Å². The van der Waals surface area contributed by atoms with E-state index in [1.807, 2.05) is 61.1 Å². The first kappa shape index (κ1) is 38.0. The van der Waals surface area contributed by atoms with Gasteiger partial charge in [0, 0.05) is 37.9 Å². The van der Waals surface area contributed by atoms with E-state index in [0.29, 0.717) is 0 Å². The van der Waals surface area contributed by atoms with Crippen LogP contribution in [0, 0.1) is 0 Å². The Labute approximate surface area is 359 Å². The summed E-state index contributed by atoms with van der Waals surface area (Å²) in [7, 11) is 0. The van der Waals surface area contributed by atoms with Gasteiger partial charge in [0.15, 0.2) is 0 Å². The Hall–Kier alpha value is -8.01. The minimum absolute atomic E-state index is 0. The van der Waals surface area contributed by atoms with Gasteiger partial charge in [0.2, 0.25) is 0 Å². The van der Waals surface area contributed by atoms with Crippen LogP contribution >= 0.6 is 0 Å². The summed E-state index contributed by atoms with van der Waals surface area (Å²) in [5.74, 6) is 0. The predicted molar refractivity (Wildman–Crippen MR) is 246 cm³/mol. The number of hydrogen-bond acceptors (Lipinski definition) is 13. The van der Waals surface area contributed by atoms with Crippen molar-refractivity contribution >= 4 is 90.9 Å². The van der Waals surface area contributed by atoms with E-state index in [-0.39, 0.29) is 7.43 Å². The summed E-state index contributed by atoms with van der Waals surface area (Å²) >= 11 is 0. The van der Waals surface area contributed by atoms with Gasteiger partial charge >= 0.3 is 0 Å². The molecule has 308 valence electrons. The number of rotatable bonds is 1. The average molecular weight is 829 g/mol. The minimum Gasteiger partial charge on any atom is -0.261 e. The molecule has 8 heterocycles. The van der Waals surface area contributed by atoms with Crippen molar-refractivity contribution < 1.29 is 0 Å². The molecule has 4 aliphatic rings. The molecule has 16 nitrogen and oxygen atoms in total. The fourth-order valence-electron chi connectivity index (χ4n) is 8.77. The molecule has 3 aliphatic heterocycles. The largest absolute Gasteiger partial charge is 0.261 e. The first-order valence-corrected chi connectivity index (χ1v) is 20.4. The van der Waals surface area contributed by atoms with Crippen LogP contribution in [0.4, 0.5) is 17.1 Å². The monoisotopic (exact) mass is 828 g/mol. The maximum absolute atomic E-state index is 5.15. The van der Waals surface area contributed by atoms with Gasteiger partial charge in [-0.1, -0.05) is 25.6 Å². The lowest BCUT2D eigenvalue weighted by molar-refractivity contribution is 0.470. The molecule has 5 aromatic heterocycles. The van der Waals surface area contributed by atoms with E-state index < -0.39 is 10.8 Å². The first-order chi connectivity index (χ1) is 30.2. The van der Waals surface area contributed by atoms with Crippen LogP contribution in [0.5, 0.6) is 0 Å². The van der Waals surface area contributed by atoms with Crippen molar-refractivity contribution in [2.45, 2.75) is 65.2 Å². The number of benzene rings is 5. The molecule has 0 amide bonds. The van der Waals surface area contributed by atoms with Gasteiger partial charge < -0.3 is 0 Å². The third-order valence-corrected chi connectivity index (χ3v) is 12.2. The van der Waals surface area contributed by atoms with E-state index >= 15 is 0 Å². The summed E-state index contributed by atoms with van der Waals surface area (Å²) in [5.41, 5.74) is 20.5. The first-order valence-electron chi connectivity index (χ1n) is 20.4. The molecule has 0 fully saturated rings. The molecule has 0 radical (unpaired) electrons. The second-order valence-corrected chi connectivity index (χ2v) is 16.9. The summed E-state index contributed by atoms with van der Waals surface area (Å²) in [6.07, 6.45) is 8.51. The quantitative estimate of drug-likeness (QED) is 0.143. The van der Waals surface area contributed by atoms with Crippen LogP contribution in [0.15, 0.2) is 87.8 Å². The average Bonchev–Trinajstić information content (AvgIpc) is 4.14. The molecule has 0 spiro atoms. The second-order valence-electron chi connectivity index (χ2n) is 16.9. The molecule has 1 aliphatic carbocycles. The number of nitrogens with one attached hydrogen (secondary N) is 3. The molecule has 3 N–H and O–H groups in total. The van der Waals surface area contributed by atoms with Crippen LogP contribution in [-0.2, 0) is 30.1 Å². The van der Waals surface area contributed by atoms with Gasteiger partial charge in [-0.3, -0.25) is 15.0 Å². The number of aromatic nitrogens is 13. The summed E-state index contributed by atoms with van der Waals surface area (Å²) in [6.45, 7) is 8.63. The highest BCUT2D eigenvalue weighted by molar-refractivity contribution is 5.92. The van der Waals surface area contributed by atoms with Crippen LogP contribution < -0.4 is 0 Å². The molecule has 16 heteroatoms. The van der Waals surface area contributed by atoms with Crippen LogP contribution in [0.2, 0.25) is 0 Å². The summed E-state index contributed by atoms with van der Waals surface area (Å²) < 4.78 is 0. The lowest BCUT2D eigenvalue weighted by Gasteiger charge is -2.40. The number of fused-ring (bicyclic) bond motifs is 10. The molecular weight excluding hydrogens is 789 g/mol. The third kappa shape index (κ3) is 6.15. The SMILES string of the molecule is C.C1=Nc2cc(-c3ccc4n[nH]nc4c3)ccc2C1.C1=Nc2cc3n[nH]nc3cc2C1.CC1(C)c2nc3cc4c(cc3nc2C(C)(C)c2nc3cc5n[nH]nc5cc3nc21)N=CC4. The fraction of sp³-hybridized carbons (Fsp3) is 0.213. The summed E-state index contributed by atoms with van der Waals surface area (Å²) in [5, 5.41) is 32.5. The Bertz CT molecular complexity index is 3590. The molecule has 14 rings (SSSR count). The smallest absolute Gasteiger partial charge is 0.115 e. The van der Waals surface area contributed by atoms with Crippen LogP contribution in [0.25, 0.3) is 66.3 Å². The van der Waals surface area contributed by atoms with Gasteiger partial charge in [-0.25, -0.2) is 19.9 Å². The lowest BCUT2D eigenvalue weighted by Crippen LogP contribution is -2.40. The Morgan fingerprint density at radius 3 is 1.29 bits per heavy atom. The Morgan fingerprint density at radius 2 is 0.730 bits per heavy atom. The van der Waals surface area contributed by atoms with Crippen molar-refractivity contribution in [2.24, 2.45) is 15.0 Å². The zero-order valence-corrected chi connectivity index (χ0v) is 34.1. The Kier molecular flexibility index (Phi) is 8.44. The molecule has 63 heavy (non-hydrogen) atoms. The van der Waals surface area contributed by atoms with Gasteiger partial charge in [0.25, 0.3) is 0 Å². The molecule has 0 saturated heterocycles. The number of aromatic amines is 3.